The average Bonchev–Trinajstić information content (AvgIpc) is 2.68. The van der Waals surface area contributed by atoms with Gasteiger partial charge in [0.25, 0.3) is 5.91 Å². The molecule has 6 heteroatoms. The highest BCUT2D eigenvalue weighted by atomic mass is 19.1. The molecule has 0 aliphatic carbocycles. The van der Waals surface area contributed by atoms with E-state index in [2.05, 4.69) is 0 Å². The molecule has 0 spiro atoms. The number of amides is 1. The van der Waals surface area contributed by atoms with Crippen LogP contribution in [0, 0.1) is 5.82 Å². The second-order valence-electron chi connectivity index (χ2n) is 6.09. The van der Waals surface area contributed by atoms with E-state index >= 15 is 0 Å². The van der Waals surface area contributed by atoms with Crippen LogP contribution >= 0.6 is 0 Å². The molecule has 0 aromatic heterocycles. The highest BCUT2D eigenvalue weighted by molar-refractivity contribution is 5.78. The largest absolute Gasteiger partial charge is 0.493 e. The molecular formula is C20H22FNO4. The first kappa shape index (κ1) is 18.0. The Hall–Kier alpha value is -2.76. The summed E-state index contributed by atoms with van der Waals surface area (Å²) in [6, 6.07) is 13.2. The number of hydrogen-bond acceptors (Lipinski definition) is 4. The zero-order valence-corrected chi connectivity index (χ0v) is 14.7. The summed E-state index contributed by atoms with van der Waals surface area (Å²) < 4.78 is 29.6. The summed E-state index contributed by atoms with van der Waals surface area (Å²) in [5, 5.41) is 0. The Morgan fingerprint density at radius 3 is 2.38 bits per heavy atom. The van der Waals surface area contributed by atoms with Gasteiger partial charge in [-0.05, 0) is 36.4 Å². The number of piperidine rings is 1. The molecule has 0 saturated carbocycles. The summed E-state index contributed by atoms with van der Waals surface area (Å²) in [5.74, 6) is 1.46. The number of rotatable bonds is 6. The van der Waals surface area contributed by atoms with Gasteiger partial charge in [0, 0.05) is 25.9 Å². The van der Waals surface area contributed by atoms with Gasteiger partial charge in [0.05, 0.1) is 7.11 Å². The summed E-state index contributed by atoms with van der Waals surface area (Å²) in [6.45, 7) is 1.20. The number of halogens is 1. The fourth-order valence-electron chi connectivity index (χ4n) is 2.90. The van der Waals surface area contributed by atoms with Gasteiger partial charge in [0.15, 0.2) is 18.1 Å². The normalized spacial score (nSPS) is 14.8. The van der Waals surface area contributed by atoms with Crippen molar-refractivity contribution in [3.8, 4) is 17.2 Å². The summed E-state index contributed by atoms with van der Waals surface area (Å²) in [5.41, 5.74) is 0. The Balaban J connectivity index is 1.45. The number of nitrogens with zero attached hydrogens (tertiary/aromatic N) is 1. The maximum absolute atomic E-state index is 12.9. The van der Waals surface area contributed by atoms with Gasteiger partial charge in [-0.15, -0.1) is 0 Å². The molecule has 0 atom stereocenters. The number of carbonyl (C=O) groups excluding carboxylic acids is 1. The predicted octanol–water partition coefficient (Wildman–Crippen LogP) is 3.28. The zero-order chi connectivity index (χ0) is 18.4. The van der Waals surface area contributed by atoms with Crippen molar-refractivity contribution in [2.24, 2.45) is 0 Å². The number of para-hydroxylation sites is 2. The van der Waals surface area contributed by atoms with E-state index < -0.39 is 0 Å². The molecular weight excluding hydrogens is 337 g/mol. The average molecular weight is 359 g/mol. The first-order chi connectivity index (χ1) is 12.7. The van der Waals surface area contributed by atoms with Crippen molar-refractivity contribution in [1.29, 1.82) is 0 Å². The third-order valence-corrected chi connectivity index (χ3v) is 4.33. The number of benzene rings is 2. The lowest BCUT2D eigenvalue weighted by molar-refractivity contribution is -0.135. The Bertz CT molecular complexity index is 727. The molecule has 2 aromatic carbocycles. The molecule has 3 rings (SSSR count). The number of carbonyl (C=O) groups is 1. The fraction of sp³-hybridized carbons (Fsp3) is 0.350. The predicted molar refractivity (Wildman–Crippen MR) is 95.1 cm³/mol. The fourth-order valence-corrected chi connectivity index (χ4v) is 2.90. The van der Waals surface area contributed by atoms with Crippen LogP contribution in [0.3, 0.4) is 0 Å². The number of methoxy groups -OCH3 is 1. The van der Waals surface area contributed by atoms with Crippen molar-refractivity contribution < 1.29 is 23.4 Å². The lowest BCUT2D eigenvalue weighted by Crippen LogP contribution is -2.43. The molecule has 1 saturated heterocycles. The molecule has 2 aromatic rings. The molecule has 1 aliphatic rings. The number of ether oxygens (including phenoxy) is 3. The maximum atomic E-state index is 12.9. The molecule has 26 heavy (non-hydrogen) atoms. The van der Waals surface area contributed by atoms with Crippen LogP contribution in [0.5, 0.6) is 17.2 Å². The summed E-state index contributed by atoms with van der Waals surface area (Å²) in [4.78, 5) is 14.1. The monoisotopic (exact) mass is 359 g/mol. The standard InChI is InChI=1S/C20H22FNO4/c1-24-18-4-2-3-5-19(18)25-14-20(23)22-12-10-17(11-13-22)26-16-8-6-15(21)7-9-16/h2-9,17H,10-14H2,1H3. The van der Waals surface area contributed by atoms with Crippen LogP contribution in [-0.2, 0) is 4.79 Å². The van der Waals surface area contributed by atoms with E-state index in [1.165, 1.54) is 12.1 Å². The summed E-state index contributed by atoms with van der Waals surface area (Å²) in [7, 11) is 1.57. The smallest absolute Gasteiger partial charge is 0.260 e. The van der Waals surface area contributed by atoms with Crippen molar-refractivity contribution in [1.82, 2.24) is 4.90 Å². The van der Waals surface area contributed by atoms with E-state index in [0.717, 1.165) is 12.8 Å². The Morgan fingerprint density at radius 1 is 1.08 bits per heavy atom. The van der Waals surface area contributed by atoms with Crippen molar-refractivity contribution in [3.63, 3.8) is 0 Å². The van der Waals surface area contributed by atoms with Crippen LogP contribution in [0.4, 0.5) is 4.39 Å². The van der Waals surface area contributed by atoms with Gasteiger partial charge < -0.3 is 19.1 Å². The van der Waals surface area contributed by atoms with E-state index in [4.69, 9.17) is 14.2 Å². The van der Waals surface area contributed by atoms with Crippen LogP contribution in [-0.4, -0.2) is 43.7 Å². The quantitative estimate of drug-likeness (QED) is 0.794. The molecule has 1 heterocycles. The minimum atomic E-state index is -0.284. The zero-order valence-electron chi connectivity index (χ0n) is 14.7. The van der Waals surface area contributed by atoms with Gasteiger partial charge in [0.2, 0.25) is 0 Å². The van der Waals surface area contributed by atoms with Gasteiger partial charge in [-0.3, -0.25) is 4.79 Å². The van der Waals surface area contributed by atoms with Crippen LogP contribution in [0.1, 0.15) is 12.8 Å². The summed E-state index contributed by atoms with van der Waals surface area (Å²) in [6.07, 6.45) is 1.50. The van der Waals surface area contributed by atoms with Gasteiger partial charge in [-0.1, -0.05) is 12.1 Å². The van der Waals surface area contributed by atoms with E-state index in [-0.39, 0.29) is 24.4 Å². The van der Waals surface area contributed by atoms with E-state index in [9.17, 15) is 9.18 Å². The Labute approximate surface area is 152 Å². The van der Waals surface area contributed by atoms with E-state index in [0.29, 0.717) is 30.3 Å². The van der Waals surface area contributed by atoms with Crippen molar-refractivity contribution in [2.75, 3.05) is 26.8 Å². The minimum absolute atomic E-state index is 0.0239. The van der Waals surface area contributed by atoms with Crippen molar-refractivity contribution >= 4 is 5.91 Å². The molecule has 0 bridgehead atoms. The molecule has 1 aliphatic heterocycles. The van der Waals surface area contributed by atoms with Crippen molar-refractivity contribution in [3.05, 3.63) is 54.3 Å². The van der Waals surface area contributed by atoms with Gasteiger partial charge in [-0.2, -0.15) is 0 Å². The lowest BCUT2D eigenvalue weighted by Gasteiger charge is -2.32. The Morgan fingerprint density at radius 2 is 1.73 bits per heavy atom. The number of likely N-dealkylation sites (tertiary alicyclic amines) is 1. The van der Waals surface area contributed by atoms with E-state index in [1.54, 1.807) is 36.3 Å². The SMILES string of the molecule is COc1ccccc1OCC(=O)N1CCC(Oc2ccc(F)cc2)CC1. The van der Waals surface area contributed by atoms with Crippen molar-refractivity contribution in [2.45, 2.75) is 18.9 Å². The lowest BCUT2D eigenvalue weighted by atomic mass is 10.1. The highest BCUT2D eigenvalue weighted by Crippen LogP contribution is 2.26. The molecule has 5 nitrogen and oxygen atoms in total. The topological polar surface area (TPSA) is 48.0 Å². The Kier molecular flexibility index (Phi) is 5.94. The van der Waals surface area contributed by atoms with Gasteiger partial charge >= 0.3 is 0 Å². The molecule has 0 unspecified atom stereocenters. The van der Waals surface area contributed by atoms with Crippen LogP contribution < -0.4 is 14.2 Å². The molecule has 0 radical (unpaired) electrons. The maximum Gasteiger partial charge on any atom is 0.260 e. The molecule has 138 valence electrons. The number of hydrogen-bond donors (Lipinski definition) is 0. The second kappa shape index (κ2) is 8.56. The highest BCUT2D eigenvalue weighted by Gasteiger charge is 2.24. The van der Waals surface area contributed by atoms with Gasteiger partial charge in [0.1, 0.15) is 17.7 Å². The van der Waals surface area contributed by atoms with Crippen LogP contribution in [0.25, 0.3) is 0 Å². The molecule has 1 fully saturated rings. The van der Waals surface area contributed by atoms with E-state index in [1.807, 2.05) is 12.1 Å². The first-order valence-corrected chi connectivity index (χ1v) is 8.61. The molecule has 0 N–H and O–H groups in total. The third-order valence-electron chi connectivity index (χ3n) is 4.33. The minimum Gasteiger partial charge on any atom is -0.493 e. The second-order valence-corrected chi connectivity index (χ2v) is 6.09. The third kappa shape index (κ3) is 4.65. The van der Waals surface area contributed by atoms with Crippen LogP contribution in [0.2, 0.25) is 0 Å². The first-order valence-electron chi connectivity index (χ1n) is 8.61. The molecule has 1 amide bonds. The van der Waals surface area contributed by atoms with Gasteiger partial charge in [-0.25, -0.2) is 4.39 Å². The summed E-state index contributed by atoms with van der Waals surface area (Å²) >= 11 is 0. The van der Waals surface area contributed by atoms with Crippen LogP contribution in [0.15, 0.2) is 48.5 Å².